The molecule has 6 aromatic rings. The summed E-state index contributed by atoms with van der Waals surface area (Å²) in [4.78, 5) is 47.8. The lowest BCUT2D eigenvalue weighted by Crippen LogP contribution is -2.43. The van der Waals surface area contributed by atoms with Crippen molar-refractivity contribution in [2.45, 2.75) is 24.8 Å². The molecular weight excluding hydrogens is 632 g/mol. The van der Waals surface area contributed by atoms with Gasteiger partial charge >= 0.3 is 0 Å². The molecule has 2 N–H and O–H groups in total. The number of methoxy groups -OCH3 is 1. The number of hydrogen-bond acceptors (Lipinski definition) is 10. The van der Waals surface area contributed by atoms with Crippen LogP contribution in [0.1, 0.15) is 44.9 Å². The molecule has 250 valence electrons. The van der Waals surface area contributed by atoms with Gasteiger partial charge in [0, 0.05) is 55.8 Å². The van der Waals surface area contributed by atoms with Crippen LogP contribution in [0.3, 0.4) is 0 Å². The van der Waals surface area contributed by atoms with Crippen LogP contribution in [0.5, 0.6) is 5.75 Å². The van der Waals surface area contributed by atoms with Gasteiger partial charge in [0.05, 0.1) is 25.0 Å². The minimum Gasteiger partial charge on any atom is -0.494 e. The molecule has 0 saturated heterocycles. The fourth-order valence-corrected chi connectivity index (χ4v) is 6.57. The summed E-state index contributed by atoms with van der Waals surface area (Å²) in [5.41, 5.74) is 5.74. The summed E-state index contributed by atoms with van der Waals surface area (Å²) in [6, 6.07) is 22.9. The zero-order valence-corrected chi connectivity index (χ0v) is 27.8. The van der Waals surface area contributed by atoms with E-state index in [1.54, 1.807) is 50.4 Å². The SMILES string of the molecule is COc1c(Nc2nc(Nc3ccccn3)nn3ccnc23)cccc1-c1ccc2c(c1)C1(CC1)CN(Cc1cccc(C(=O)N(C)C)n1)C2=O. The fraction of sp³-hybridized carbons (Fsp3) is 0.216. The number of hydrogen-bond donors (Lipinski definition) is 2. The molecule has 2 amide bonds. The van der Waals surface area contributed by atoms with Gasteiger partial charge in [-0.05, 0) is 66.4 Å². The molecule has 8 rings (SSSR count). The topological polar surface area (TPSA) is 143 Å². The van der Waals surface area contributed by atoms with E-state index in [1.165, 1.54) is 4.90 Å². The van der Waals surface area contributed by atoms with E-state index < -0.39 is 0 Å². The van der Waals surface area contributed by atoms with E-state index in [-0.39, 0.29) is 17.2 Å². The molecule has 1 aliphatic carbocycles. The number of anilines is 4. The van der Waals surface area contributed by atoms with Gasteiger partial charge in [-0.1, -0.05) is 30.3 Å². The Labute approximate surface area is 288 Å². The molecule has 0 unspecified atom stereocenters. The zero-order valence-electron chi connectivity index (χ0n) is 27.8. The van der Waals surface area contributed by atoms with Crippen molar-refractivity contribution in [2.24, 2.45) is 0 Å². The molecule has 13 nitrogen and oxygen atoms in total. The van der Waals surface area contributed by atoms with Gasteiger partial charge in [-0.3, -0.25) is 9.59 Å². The Hall–Kier alpha value is -6.37. The zero-order chi connectivity index (χ0) is 34.4. The molecule has 0 radical (unpaired) electrons. The second kappa shape index (κ2) is 12.3. The molecule has 1 spiro atoms. The first-order valence-corrected chi connectivity index (χ1v) is 16.3. The van der Waals surface area contributed by atoms with E-state index in [4.69, 9.17) is 9.72 Å². The fourth-order valence-electron chi connectivity index (χ4n) is 6.57. The molecule has 0 bridgehead atoms. The molecule has 0 atom stereocenters. The predicted octanol–water partition coefficient (Wildman–Crippen LogP) is 5.47. The van der Waals surface area contributed by atoms with E-state index in [0.717, 1.165) is 29.5 Å². The number of pyridine rings is 2. The van der Waals surface area contributed by atoms with Crippen LogP contribution in [0.15, 0.2) is 91.4 Å². The van der Waals surface area contributed by atoms with Gasteiger partial charge in [-0.25, -0.2) is 19.5 Å². The normalized spacial score (nSPS) is 14.4. The first-order chi connectivity index (χ1) is 24.3. The van der Waals surface area contributed by atoms with Crippen LogP contribution in [0, 0.1) is 0 Å². The highest BCUT2D eigenvalue weighted by molar-refractivity contribution is 5.99. The standard InChI is InChI=1S/C37H34N10O3/c1-45(2)35(49)29-11-6-8-24(40-29)21-46-22-37(15-16-37)27-20-23(13-14-26(27)34(46)48)25-9-7-10-28(31(25)50-3)41-32-33-39-18-19-47(33)44-36(43-32)42-30-12-4-5-17-38-30/h4-14,17-20H,15-16,21-22H2,1-3H3,(H2,38,41,42,43,44). The highest BCUT2D eigenvalue weighted by atomic mass is 16.5. The molecule has 1 aliphatic heterocycles. The summed E-state index contributed by atoms with van der Waals surface area (Å²) in [5, 5.41) is 11.1. The van der Waals surface area contributed by atoms with Crippen LogP contribution in [0.4, 0.5) is 23.3 Å². The third-order valence-electron chi connectivity index (χ3n) is 9.18. The van der Waals surface area contributed by atoms with E-state index in [2.05, 4.69) is 36.8 Å². The number of rotatable bonds is 9. The van der Waals surface area contributed by atoms with Crippen LogP contribution in [0.2, 0.25) is 0 Å². The summed E-state index contributed by atoms with van der Waals surface area (Å²) >= 11 is 0. The van der Waals surface area contributed by atoms with Gasteiger partial charge in [0.25, 0.3) is 11.8 Å². The van der Waals surface area contributed by atoms with Gasteiger partial charge in [0.15, 0.2) is 11.5 Å². The lowest BCUT2D eigenvalue weighted by Gasteiger charge is -2.35. The van der Waals surface area contributed by atoms with Crippen molar-refractivity contribution in [3.05, 3.63) is 114 Å². The van der Waals surface area contributed by atoms with E-state index in [0.29, 0.717) is 64.7 Å². The lowest BCUT2D eigenvalue weighted by molar-refractivity contribution is 0.0696. The molecular formula is C37H34N10O3. The monoisotopic (exact) mass is 666 g/mol. The van der Waals surface area contributed by atoms with Crippen molar-refractivity contribution in [3.8, 4) is 16.9 Å². The van der Waals surface area contributed by atoms with Crippen LogP contribution in [-0.2, 0) is 12.0 Å². The quantitative estimate of drug-likeness (QED) is 0.204. The highest BCUT2D eigenvalue weighted by Gasteiger charge is 2.51. The number of carbonyl (C=O) groups excluding carboxylic acids is 2. The van der Waals surface area contributed by atoms with Crippen molar-refractivity contribution in [1.29, 1.82) is 0 Å². The number of aromatic nitrogens is 6. The van der Waals surface area contributed by atoms with Gasteiger partial charge in [0.2, 0.25) is 5.95 Å². The smallest absolute Gasteiger partial charge is 0.271 e. The second-order valence-corrected chi connectivity index (χ2v) is 12.7. The van der Waals surface area contributed by atoms with Crippen LogP contribution in [-0.4, -0.2) is 78.9 Å². The molecule has 5 heterocycles. The molecule has 13 heteroatoms. The number of amides is 2. The summed E-state index contributed by atoms with van der Waals surface area (Å²) in [5.74, 6) is 1.86. The van der Waals surface area contributed by atoms with Crippen LogP contribution in [0.25, 0.3) is 16.8 Å². The van der Waals surface area contributed by atoms with Crippen molar-refractivity contribution < 1.29 is 14.3 Å². The van der Waals surface area contributed by atoms with Crippen molar-refractivity contribution in [2.75, 3.05) is 38.4 Å². The van der Waals surface area contributed by atoms with Crippen LogP contribution < -0.4 is 15.4 Å². The van der Waals surface area contributed by atoms with Gasteiger partial charge in [-0.15, -0.1) is 5.10 Å². The Bertz CT molecular complexity index is 2270. The average Bonchev–Trinajstić information content (AvgIpc) is 3.74. The van der Waals surface area contributed by atoms with Crippen LogP contribution >= 0.6 is 0 Å². The molecule has 1 saturated carbocycles. The molecule has 1 fully saturated rings. The highest BCUT2D eigenvalue weighted by Crippen LogP contribution is 2.53. The van der Waals surface area contributed by atoms with E-state index in [1.807, 2.05) is 65.6 Å². The maximum Gasteiger partial charge on any atom is 0.271 e. The van der Waals surface area contributed by atoms with Gasteiger partial charge in [0.1, 0.15) is 17.3 Å². The summed E-state index contributed by atoms with van der Waals surface area (Å²) in [6.07, 6.45) is 7.08. The molecule has 2 aliphatic rings. The van der Waals surface area contributed by atoms with Crippen molar-refractivity contribution in [3.63, 3.8) is 0 Å². The Balaban J connectivity index is 1.09. The number of nitrogens with one attached hydrogen (secondary N) is 2. The van der Waals surface area contributed by atoms with Crippen molar-refractivity contribution in [1.82, 2.24) is 39.3 Å². The number of benzene rings is 2. The third-order valence-corrected chi connectivity index (χ3v) is 9.18. The molecule has 50 heavy (non-hydrogen) atoms. The van der Waals surface area contributed by atoms with E-state index in [9.17, 15) is 9.59 Å². The predicted molar refractivity (Wildman–Crippen MR) is 188 cm³/mol. The third kappa shape index (κ3) is 5.62. The molecule has 2 aromatic carbocycles. The summed E-state index contributed by atoms with van der Waals surface area (Å²) in [7, 11) is 5.04. The first-order valence-electron chi connectivity index (χ1n) is 16.3. The number of fused-ring (bicyclic) bond motifs is 3. The molecule has 4 aromatic heterocycles. The Morgan fingerprint density at radius 1 is 0.940 bits per heavy atom. The van der Waals surface area contributed by atoms with Gasteiger partial charge in [-0.2, -0.15) is 4.98 Å². The summed E-state index contributed by atoms with van der Waals surface area (Å²) < 4.78 is 7.66. The minimum atomic E-state index is -0.169. The number of nitrogens with zero attached hydrogens (tertiary/aromatic N) is 8. The largest absolute Gasteiger partial charge is 0.494 e. The van der Waals surface area contributed by atoms with Crippen molar-refractivity contribution >= 4 is 40.7 Å². The lowest BCUT2D eigenvalue weighted by atomic mass is 9.84. The summed E-state index contributed by atoms with van der Waals surface area (Å²) in [6.45, 7) is 0.932. The Morgan fingerprint density at radius 2 is 1.80 bits per heavy atom. The first kappa shape index (κ1) is 30.9. The Morgan fingerprint density at radius 3 is 2.58 bits per heavy atom. The second-order valence-electron chi connectivity index (χ2n) is 12.7. The number of para-hydroxylation sites is 1. The maximum atomic E-state index is 13.9. The maximum absolute atomic E-state index is 13.9. The Kier molecular flexibility index (Phi) is 7.58. The van der Waals surface area contributed by atoms with Gasteiger partial charge < -0.3 is 25.2 Å². The van der Waals surface area contributed by atoms with E-state index >= 15 is 0 Å². The number of ether oxygens (including phenoxy) is 1. The number of imidazole rings is 1. The number of carbonyl (C=O) groups is 2. The minimum absolute atomic E-state index is 0.0415. The average molecular weight is 667 g/mol.